The van der Waals surface area contributed by atoms with E-state index in [0.717, 1.165) is 36.1 Å². The Morgan fingerprint density at radius 3 is 2.62 bits per heavy atom. The van der Waals surface area contributed by atoms with Gasteiger partial charge in [-0.05, 0) is 111 Å². The van der Waals surface area contributed by atoms with Crippen molar-refractivity contribution in [3.63, 3.8) is 0 Å². The maximum Gasteiger partial charge on any atom is 0.226 e. The minimum absolute atomic E-state index is 0.226. The molecular weight excluding hydrogens is 480 g/mol. The molecule has 3 heterocycles. The number of aryl methyl sites for hydroxylation is 2. The normalized spacial score (nSPS) is 34.1. The zero-order valence-electron chi connectivity index (χ0n) is 23.6. The lowest BCUT2D eigenvalue weighted by molar-refractivity contribution is -0.0904. The SMILES string of the molecule is COc1ccc2c(c1)[C@]13CCN(CCc4ccccc4)[C@H](C2)[C@]12CCC1C3[C@@H](CN1c1nc(C)cc(C)n1)C2. The third-order valence-electron chi connectivity index (χ3n) is 11.6. The predicted molar refractivity (Wildman–Crippen MR) is 154 cm³/mol. The fraction of sp³-hybridized carbons (Fsp3) is 0.529. The van der Waals surface area contributed by atoms with Gasteiger partial charge >= 0.3 is 0 Å². The number of hydrogen-bond acceptors (Lipinski definition) is 5. The smallest absolute Gasteiger partial charge is 0.226 e. The Morgan fingerprint density at radius 2 is 1.82 bits per heavy atom. The molecule has 2 aliphatic heterocycles. The molecule has 2 saturated carbocycles. The second-order valence-electron chi connectivity index (χ2n) is 13.1. The Kier molecular flexibility index (Phi) is 5.24. The summed E-state index contributed by atoms with van der Waals surface area (Å²) in [7, 11) is 1.82. The second kappa shape index (κ2) is 8.54. The summed E-state index contributed by atoms with van der Waals surface area (Å²) in [6.07, 6.45) is 7.51. The fourth-order valence-corrected chi connectivity index (χ4v) is 10.5. The second-order valence-corrected chi connectivity index (χ2v) is 13.1. The van der Waals surface area contributed by atoms with E-state index < -0.39 is 0 Å². The Balaban J connectivity index is 1.22. The van der Waals surface area contributed by atoms with Crippen LogP contribution in [0.15, 0.2) is 54.6 Å². The molecular formula is C34H40N4O. The van der Waals surface area contributed by atoms with Gasteiger partial charge in [-0.1, -0.05) is 36.4 Å². The molecule has 8 rings (SSSR count). The summed E-state index contributed by atoms with van der Waals surface area (Å²) in [6, 6.07) is 21.4. The van der Waals surface area contributed by atoms with Crippen LogP contribution in [-0.2, 0) is 18.3 Å². The van der Waals surface area contributed by atoms with Gasteiger partial charge in [0.15, 0.2) is 0 Å². The van der Waals surface area contributed by atoms with Crippen molar-refractivity contribution in [3.05, 3.63) is 82.7 Å². The van der Waals surface area contributed by atoms with Crippen LogP contribution in [-0.4, -0.2) is 53.7 Å². The van der Waals surface area contributed by atoms with Gasteiger partial charge in [-0.2, -0.15) is 0 Å². The molecule has 0 spiro atoms. The maximum atomic E-state index is 5.84. The Bertz CT molecular complexity index is 1400. The number of methoxy groups -OCH3 is 1. The molecule has 4 bridgehead atoms. The zero-order chi connectivity index (χ0) is 26.4. The molecule has 2 saturated heterocycles. The standard InChI is InChI=1S/C34H40N4O/c1-22-17-23(2)36-32(35-22)38-21-26-20-33-13-11-29(38)31(26)34(33)14-16-37(15-12-24-7-5-4-6-8-24)30(33)18-25-9-10-27(39-3)19-28(25)34/h4-10,17,19,26,29-31H,11-16,18,20-21H2,1-3H3/t26-,29?,30-,31?,33-,34+/m1/s1. The number of rotatable bonds is 5. The topological polar surface area (TPSA) is 41.5 Å². The molecule has 202 valence electrons. The summed E-state index contributed by atoms with van der Waals surface area (Å²) < 4.78 is 5.84. The monoisotopic (exact) mass is 520 g/mol. The van der Waals surface area contributed by atoms with E-state index in [1.807, 2.05) is 7.11 Å². The summed E-state index contributed by atoms with van der Waals surface area (Å²) >= 11 is 0. The molecule has 39 heavy (non-hydrogen) atoms. The van der Waals surface area contributed by atoms with Gasteiger partial charge in [-0.15, -0.1) is 0 Å². The molecule has 3 aliphatic carbocycles. The minimum atomic E-state index is 0.226. The first-order valence-corrected chi connectivity index (χ1v) is 15.1. The lowest BCUT2D eigenvalue weighted by Gasteiger charge is -2.66. The number of fused-ring (bicyclic) bond motifs is 1. The van der Waals surface area contributed by atoms with E-state index in [1.54, 1.807) is 11.1 Å². The number of hydrogen-bond donors (Lipinski definition) is 0. The largest absolute Gasteiger partial charge is 0.497 e. The quantitative estimate of drug-likeness (QED) is 0.443. The number of aromatic nitrogens is 2. The van der Waals surface area contributed by atoms with Gasteiger partial charge in [0.25, 0.3) is 0 Å². The fourth-order valence-electron chi connectivity index (χ4n) is 10.5. The molecule has 5 aliphatic rings. The highest BCUT2D eigenvalue weighted by Gasteiger charge is 2.76. The number of ether oxygens (including phenoxy) is 1. The zero-order valence-corrected chi connectivity index (χ0v) is 23.6. The Hall–Kier alpha value is -2.92. The summed E-state index contributed by atoms with van der Waals surface area (Å²) in [5.41, 5.74) is 7.41. The van der Waals surface area contributed by atoms with Crippen LogP contribution in [0.5, 0.6) is 5.75 Å². The molecule has 3 aromatic rings. The van der Waals surface area contributed by atoms with Crippen molar-refractivity contribution in [1.82, 2.24) is 14.9 Å². The van der Waals surface area contributed by atoms with E-state index >= 15 is 0 Å². The molecule has 4 fully saturated rings. The van der Waals surface area contributed by atoms with Crippen molar-refractivity contribution in [2.45, 2.75) is 69.9 Å². The van der Waals surface area contributed by atoms with Gasteiger partial charge in [-0.3, -0.25) is 4.90 Å². The van der Waals surface area contributed by atoms with Gasteiger partial charge in [0.2, 0.25) is 5.95 Å². The number of benzene rings is 2. The van der Waals surface area contributed by atoms with Crippen LogP contribution in [0.25, 0.3) is 0 Å². The highest BCUT2D eigenvalue weighted by atomic mass is 16.5. The van der Waals surface area contributed by atoms with Gasteiger partial charge in [0.05, 0.1) is 7.11 Å². The van der Waals surface area contributed by atoms with E-state index in [-0.39, 0.29) is 5.41 Å². The molecule has 0 amide bonds. The van der Waals surface area contributed by atoms with Crippen LogP contribution in [0, 0.1) is 31.1 Å². The number of piperidine rings is 1. The molecule has 5 heteroatoms. The van der Waals surface area contributed by atoms with E-state index in [2.05, 4.69) is 78.2 Å². The first kappa shape index (κ1) is 23.9. The summed E-state index contributed by atoms with van der Waals surface area (Å²) in [5.74, 6) is 3.36. The molecule has 5 nitrogen and oxygen atoms in total. The number of likely N-dealkylation sites (tertiary alicyclic amines) is 1. The lowest BCUT2D eigenvalue weighted by Crippen LogP contribution is -2.69. The molecule has 2 aromatic carbocycles. The van der Waals surface area contributed by atoms with Crippen molar-refractivity contribution in [3.8, 4) is 5.75 Å². The first-order chi connectivity index (χ1) is 19.0. The molecule has 6 atom stereocenters. The van der Waals surface area contributed by atoms with Gasteiger partial charge in [0, 0.05) is 42.0 Å². The Labute approximate surface area is 232 Å². The third-order valence-corrected chi connectivity index (χ3v) is 11.6. The highest BCUT2D eigenvalue weighted by molar-refractivity contribution is 5.53. The van der Waals surface area contributed by atoms with Crippen LogP contribution in [0.1, 0.15) is 53.8 Å². The van der Waals surface area contributed by atoms with E-state index in [4.69, 9.17) is 14.7 Å². The van der Waals surface area contributed by atoms with Crippen molar-refractivity contribution < 1.29 is 4.74 Å². The van der Waals surface area contributed by atoms with Gasteiger partial charge < -0.3 is 9.64 Å². The maximum absolute atomic E-state index is 5.84. The molecule has 0 N–H and O–H groups in total. The predicted octanol–water partition coefficient (Wildman–Crippen LogP) is 5.52. The van der Waals surface area contributed by atoms with Crippen molar-refractivity contribution >= 4 is 5.95 Å². The van der Waals surface area contributed by atoms with Crippen molar-refractivity contribution in [2.24, 2.45) is 17.3 Å². The lowest BCUT2D eigenvalue weighted by atomic mass is 9.43. The van der Waals surface area contributed by atoms with Crippen LogP contribution < -0.4 is 9.64 Å². The first-order valence-electron chi connectivity index (χ1n) is 15.1. The van der Waals surface area contributed by atoms with Crippen LogP contribution in [0.3, 0.4) is 0 Å². The Morgan fingerprint density at radius 1 is 1.00 bits per heavy atom. The van der Waals surface area contributed by atoms with Crippen molar-refractivity contribution in [1.29, 1.82) is 0 Å². The third kappa shape index (κ3) is 3.23. The average molecular weight is 521 g/mol. The van der Waals surface area contributed by atoms with Crippen molar-refractivity contribution in [2.75, 3.05) is 31.6 Å². The summed E-state index contributed by atoms with van der Waals surface area (Å²) in [5, 5.41) is 0. The minimum Gasteiger partial charge on any atom is -0.497 e. The van der Waals surface area contributed by atoms with Crippen LogP contribution in [0.4, 0.5) is 5.95 Å². The number of nitrogens with zero attached hydrogens (tertiary/aromatic N) is 4. The molecule has 0 radical (unpaired) electrons. The van der Waals surface area contributed by atoms with E-state index in [1.165, 1.54) is 50.8 Å². The summed E-state index contributed by atoms with van der Waals surface area (Å²) in [6.45, 7) is 7.70. The van der Waals surface area contributed by atoms with Crippen LogP contribution >= 0.6 is 0 Å². The van der Waals surface area contributed by atoms with E-state index in [0.29, 0.717) is 29.3 Å². The van der Waals surface area contributed by atoms with E-state index in [9.17, 15) is 0 Å². The molecule has 1 aromatic heterocycles. The number of anilines is 1. The van der Waals surface area contributed by atoms with Gasteiger partial charge in [0.1, 0.15) is 5.75 Å². The molecule has 2 unspecified atom stereocenters. The van der Waals surface area contributed by atoms with Crippen LogP contribution in [0.2, 0.25) is 0 Å². The summed E-state index contributed by atoms with van der Waals surface area (Å²) in [4.78, 5) is 15.5. The van der Waals surface area contributed by atoms with Gasteiger partial charge in [-0.25, -0.2) is 9.97 Å². The highest BCUT2D eigenvalue weighted by Crippen LogP contribution is 2.75. The average Bonchev–Trinajstić information content (AvgIpc) is 3.39.